The van der Waals surface area contributed by atoms with Crippen LogP contribution in [-0.2, 0) is 19.2 Å². The summed E-state index contributed by atoms with van der Waals surface area (Å²) in [6, 6.07) is 0. The van der Waals surface area contributed by atoms with Crippen LogP contribution in [0.15, 0.2) is 0 Å². The van der Waals surface area contributed by atoms with Crippen molar-refractivity contribution in [2.24, 2.45) is 59.2 Å². The lowest BCUT2D eigenvalue weighted by Crippen LogP contribution is -2.48. The van der Waals surface area contributed by atoms with Crippen molar-refractivity contribution in [2.45, 2.75) is 147 Å². The SMILES string of the molecule is CCCC(C)C(C)CNC(=O)CC(C(=O)NCC(C)C(C)CCC)C(CC(=O)NCC(C)C(C)CCC)C(=O)NCC(C)C(C)CCC. The Hall–Kier alpha value is -2.12. The maximum Gasteiger partial charge on any atom is 0.224 e. The first-order valence-electron chi connectivity index (χ1n) is 19.7. The number of nitrogens with one attached hydrogen (secondary N) is 4. The van der Waals surface area contributed by atoms with Gasteiger partial charge in [-0.2, -0.15) is 0 Å². The van der Waals surface area contributed by atoms with E-state index in [0.29, 0.717) is 49.9 Å². The number of hydrogen-bond donors (Lipinski definition) is 4. The van der Waals surface area contributed by atoms with Crippen molar-refractivity contribution in [1.82, 2.24) is 21.3 Å². The second-order valence-electron chi connectivity index (χ2n) is 15.7. The smallest absolute Gasteiger partial charge is 0.224 e. The van der Waals surface area contributed by atoms with E-state index in [-0.39, 0.29) is 60.1 Å². The second-order valence-corrected chi connectivity index (χ2v) is 15.7. The first kappa shape index (κ1) is 45.9. The van der Waals surface area contributed by atoms with Gasteiger partial charge in [0.2, 0.25) is 23.6 Å². The summed E-state index contributed by atoms with van der Waals surface area (Å²) in [6.07, 6.45) is 8.31. The molecule has 10 unspecified atom stereocenters. The van der Waals surface area contributed by atoms with Crippen molar-refractivity contribution in [1.29, 1.82) is 0 Å². The minimum Gasteiger partial charge on any atom is -0.356 e. The fraction of sp³-hybridized carbons (Fsp3) is 0.900. The van der Waals surface area contributed by atoms with E-state index < -0.39 is 11.8 Å². The lowest BCUT2D eigenvalue weighted by Gasteiger charge is -2.28. The molecule has 0 aliphatic rings. The Kier molecular flexibility index (Phi) is 24.7. The summed E-state index contributed by atoms with van der Waals surface area (Å²) in [6.45, 7) is 27.9. The van der Waals surface area contributed by atoms with Crippen LogP contribution in [0.5, 0.6) is 0 Å². The van der Waals surface area contributed by atoms with Crippen LogP contribution < -0.4 is 21.3 Å². The fourth-order valence-electron chi connectivity index (χ4n) is 6.48. The molecule has 8 nitrogen and oxygen atoms in total. The van der Waals surface area contributed by atoms with Crippen LogP contribution in [0.1, 0.15) is 147 Å². The summed E-state index contributed by atoms with van der Waals surface area (Å²) in [4.78, 5) is 54.8. The molecule has 0 heterocycles. The summed E-state index contributed by atoms with van der Waals surface area (Å²) in [5, 5.41) is 12.3. The van der Waals surface area contributed by atoms with Gasteiger partial charge in [-0.25, -0.2) is 0 Å². The van der Waals surface area contributed by atoms with Crippen molar-refractivity contribution in [3.63, 3.8) is 0 Å². The largest absolute Gasteiger partial charge is 0.356 e. The molecule has 0 bridgehead atoms. The number of amides is 4. The quantitative estimate of drug-likeness (QED) is 0.0711. The van der Waals surface area contributed by atoms with Crippen LogP contribution in [0.2, 0.25) is 0 Å². The Bertz CT molecular complexity index is 840. The minimum atomic E-state index is -0.965. The predicted octanol–water partition coefficient (Wildman–Crippen LogP) is 7.75. The molecule has 4 N–H and O–H groups in total. The van der Waals surface area contributed by atoms with Gasteiger partial charge in [0, 0.05) is 39.0 Å². The van der Waals surface area contributed by atoms with Gasteiger partial charge < -0.3 is 21.3 Å². The van der Waals surface area contributed by atoms with E-state index in [1.54, 1.807) is 0 Å². The van der Waals surface area contributed by atoms with E-state index in [0.717, 1.165) is 51.4 Å². The van der Waals surface area contributed by atoms with Gasteiger partial charge >= 0.3 is 0 Å². The molecule has 0 aromatic heterocycles. The molecular weight excluding hydrogens is 600 g/mol. The van der Waals surface area contributed by atoms with Gasteiger partial charge in [-0.3, -0.25) is 19.2 Å². The molecule has 0 rings (SSSR count). The van der Waals surface area contributed by atoms with Gasteiger partial charge in [0.25, 0.3) is 0 Å². The molecule has 0 aromatic rings. The summed E-state index contributed by atoms with van der Waals surface area (Å²) in [5.41, 5.74) is 0. The molecule has 10 atom stereocenters. The third kappa shape index (κ3) is 18.6. The van der Waals surface area contributed by atoms with Crippen LogP contribution in [0.25, 0.3) is 0 Å². The maximum atomic E-state index is 14.0. The van der Waals surface area contributed by atoms with Gasteiger partial charge in [-0.15, -0.1) is 0 Å². The molecule has 0 aromatic carbocycles. The van der Waals surface area contributed by atoms with Crippen LogP contribution in [-0.4, -0.2) is 49.8 Å². The first-order chi connectivity index (χ1) is 22.6. The lowest BCUT2D eigenvalue weighted by molar-refractivity contribution is -0.140. The Morgan fingerprint density at radius 1 is 0.375 bits per heavy atom. The van der Waals surface area contributed by atoms with Crippen LogP contribution in [0, 0.1) is 59.2 Å². The molecule has 0 aliphatic carbocycles. The lowest BCUT2D eigenvalue weighted by atomic mass is 9.83. The molecule has 0 radical (unpaired) electrons. The average molecular weight is 679 g/mol. The number of carbonyl (C=O) groups is 4. The van der Waals surface area contributed by atoms with Crippen molar-refractivity contribution >= 4 is 23.6 Å². The standard InChI is InChI=1S/C40H78N4O4/c1-13-17-27(5)31(9)23-41-37(45)21-35(39(47)43-25-33(11)29(7)19-15-3)36(40(48)44-26-34(12)30(8)20-16-4)22-38(46)42-24-32(10)28(6)18-14-2/h27-36H,13-26H2,1-12H3,(H,41,45)(H,42,46)(H,43,47)(H,44,48). The zero-order chi connectivity index (χ0) is 36.8. The van der Waals surface area contributed by atoms with Crippen LogP contribution >= 0.6 is 0 Å². The van der Waals surface area contributed by atoms with Gasteiger partial charge in [-0.05, 0) is 47.3 Å². The van der Waals surface area contributed by atoms with Gasteiger partial charge in [-0.1, -0.05) is 134 Å². The zero-order valence-electron chi connectivity index (χ0n) is 33.3. The Morgan fingerprint density at radius 2 is 0.604 bits per heavy atom. The normalized spacial score (nSPS) is 17.8. The number of carbonyl (C=O) groups excluding carboxylic acids is 4. The van der Waals surface area contributed by atoms with E-state index in [9.17, 15) is 19.2 Å². The van der Waals surface area contributed by atoms with Crippen molar-refractivity contribution in [3.8, 4) is 0 Å². The summed E-state index contributed by atoms with van der Waals surface area (Å²) < 4.78 is 0. The summed E-state index contributed by atoms with van der Waals surface area (Å²) in [5.74, 6) is -0.283. The monoisotopic (exact) mass is 679 g/mol. The molecule has 8 heteroatoms. The number of hydrogen-bond acceptors (Lipinski definition) is 4. The Labute approximate surface area is 296 Å². The molecule has 0 fully saturated rings. The van der Waals surface area contributed by atoms with Crippen molar-refractivity contribution in [2.75, 3.05) is 26.2 Å². The van der Waals surface area contributed by atoms with Crippen LogP contribution in [0.3, 0.4) is 0 Å². The zero-order valence-corrected chi connectivity index (χ0v) is 33.3. The third-order valence-electron chi connectivity index (χ3n) is 11.3. The Balaban J connectivity index is 6.23. The molecule has 0 aliphatic heterocycles. The highest BCUT2D eigenvalue weighted by molar-refractivity contribution is 5.93. The Morgan fingerprint density at radius 3 is 0.833 bits per heavy atom. The van der Waals surface area contributed by atoms with E-state index in [2.05, 4.69) is 104 Å². The molecule has 282 valence electrons. The summed E-state index contributed by atoms with van der Waals surface area (Å²) >= 11 is 0. The molecule has 0 saturated heterocycles. The van der Waals surface area contributed by atoms with Crippen molar-refractivity contribution < 1.29 is 19.2 Å². The minimum absolute atomic E-state index is 0.142. The predicted molar refractivity (Wildman–Crippen MR) is 201 cm³/mol. The van der Waals surface area contributed by atoms with E-state index in [1.807, 2.05) is 0 Å². The fourth-order valence-corrected chi connectivity index (χ4v) is 6.48. The van der Waals surface area contributed by atoms with E-state index in [4.69, 9.17) is 0 Å². The van der Waals surface area contributed by atoms with Crippen molar-refractivity contribution in [3.05, 3.63) is 0 Å². The average Bonchev–Trinajstić information content (AvgIpc) is 3.05. The molecule has 48 heavy (non-hydrogen) atoms. The van der Waals surface area contributed by atoms with Gasteiger partial charge in [0.05, 0.1) is 11.8 Å². The maximum absolute atomic E-state index is 14.0. The second kappa shape index (κ2) is 25.8. The number of rotatable bonds is 27. The molecular formula is C40H78N4O4. The van der Waals surface area contributed by atoms with E-state index in [1.165, 1.54) is 0 Å². The summed E-state index contributed by atoms with van der Waals surface area (Å²) in [7, 11) is 0. The highest BCUT2D eigenvalue weighted by atomic mass is 16.2. The first-order valence-corrected chi connectivity index (χ1v) is 19.7. The molecule has 0 spiro atoms. The highest BCUT2D eigenvalue weighted by Crippen LogP contribution is 2.24. The third-order valence-corrected chi connectivity index (χ3v) is 11.3. The molecule has 4 amide bonds. The van der Waals surface area contributed by atoms with Gasteiger partial charge in [0.1, 0.15) is 0 Å². The topological polar surface area (TPSA) is 116 Å². The highest BCUT2D eigenvalue weighted by Gasteiger charge is 2.37. The van der Waals surface area contributed by atoms with Gasteiger partial charge in [0.15, 0.2) is 0 Å². The van der Waals surface area contributed by atoms with Crippen LogP contribution in [0.4, 0.5) is 0 Å². The van der Waals surface area contributed by atoms with E-state index >= 15 is 0 Å². The molecule has 0 saturated carbocycles.